The summed E-state index contributed by atoms with van der Waals surface area (Å²) in [4.78, 5) is 18.6. The third-order valence-corrected chi connectivity index (χ3v) is 5.51. The summed E-state index contributed by atoms with van der Waals surface area (Å²) in [5, 5.41) is 14.0. The molecule has 1 aliphatic carbocycles. The van der Waals surface area contributed by atoms with E-state index in [0.717, 1.165) is 25.9 Å². The van der Waals surface area contributed by atoms with Gasteiger partial charge in [0.05, 0.1) is 12.1 Å². The molecule has 1 saturated heterocycles. The smallest absolute Gasteiger partial charge is 0.273 e. The maximum Gasteiger partial charge on any atom is 0.273 e. The molecule has 0 unspecified atom stereocenters. The highest BCUT2D eigenvalue weighted by Crippen LogP contribution is 2.31. The first-order valence-corrected chi connectivity index (χ1v) is 9.65. The van der Waals surface area contributed by atoms with Gasteiger partial charge in [0.2, 0.25) is 0 Å². The van der Waals surface area contributed by atoms with Crippen LogP contribution < -0.4 is 10.1 Å². The molecule has 2 aliphatic rings. The molecule has 0 spiro atoms. The van der Waals surface area contributed by atoms with Gasteiger partial charge in [-0.25, -0.2) is 9.37 Å². The van der Waals surface area contributed by atoms with Crippen LogP contribution in [0.25, 0.3) is 0 Å². The van der Waals surface area contributed by atoms with Crippen molar-refractivity contribution in [2.45, 2.75) is 50.0 Å². The number of benzene rings is 1. The number of hydrogen-bond donors (Lipinski definition) is 2. The number of oxazole rings is 1. The molecule has 0 radical (unpaired) electrons. The fourth-order valence-electron chi connectivity index (χ4n) is 4.22. The number of rotatable bonds is 5. The Morgan fingerprint density at radius 2 is 2.14 bits per heavy atom. The Hall–Kier alpha value is -2.45. The molecule has 0 bridgehead atoms. The molecule has 7 nitrogen and oxygen atoms in total. The molecule has 4 rings (SSSR count). The molecule has 2 aromatic rings. The van der Waals surface area contributed by atoms with Crippen molar-refractivity contribution in [3.05, 3.63) is 48.4 Å². The van der Waals surface area contributed by atoms with E-state index < -0.39 is 18.0 Å². The number of amides is 1. The summed E-state index contributed by atoms with van der Waals surface area (Å²) in [7, 11) is 0. The molecular weight excluding hydrogens is 365 g/mol. The average molecular weight is 389 g/mol. The molecule has 4 atom stereocenters. The van der Waals surface area contributed by atoms with Gasteiger partial charge in [-0.3, -0.25) is 9.69 Å². The van der Waals surface area contributed by atoms with Crippen LogP contribution in [-0.2, 0) is 0 Å². The third-order valence-electron chi connectivity index (χ3n) is 5.51. The van der Waals surface area contributed by atoms with E-state index >= 15 is 0 Å². The predicted molar refractivity (Wildman–Crippen MR) is 98.4 cm³/mol. The fraction of sp³-hybridized carbons (Fsp3) is 0.500. The molecule has 150 valence electrons. The van der Waals surface area contributed by atoms with E-state index in [0.29, 0.717) is 12.2 Å². The number of hydrogen-bond acceptors (Lipinski definition) is 6. The average Bonchev–Trinajstić information content (AvgIpc) is 3.32. The van der Waals surface area contributed by atoms with E-state index in [9.17, 15) is 14.3 Å². The number of nitrogens with one attached hydrogen (secondary N) is 1. The van der Waals surface area contributed by atoms with Gasteiger partial charge in [0.15, 0.2) is 12.1 Å². The summed E-state index contributed by atoms with van der Waals surface area (Å²) in [5.41, 5.74) is 0.196. The van der Waals surface area contributed by atoms with Crippen LogP contribution in [0.5, 0.6) is 5.75 Å². The van der Waals surface area contributed by atoms with E-state index in [4.69, 9.17) is 9.15 Å². The van der Waals surface area contributed by atoms with Crippen molar-refractivity contribution < 1.29 is 23.4 Å². The normalized spacial score (nSPS) is 28.2. The van der Waals surface area contributed by atoms with Crippen molar-refractivity contribution in [3.63, 3.8) is 0 Å². The van der Waals surface area contributed by atoms with Gasteiger partial charge in [-0.2, -0.15) is 0 Å². The largest absolute Gasteiger partial charge is 0.487 e. The van der Waals surface area contributed by atoms with Crippen LogP contribution in [0.4, 0.5) is 4.39 Å². The zero-order valence-electron chi connectivity index (χ0n) is 15.5. The number of carbonyl (C=O) groups is 1. The first kappa shape index (κ1) is 18.9. The molecule has 2 fully saturated rings. The Labute approximate surface area is 162 Å². The van der Waals surface area contributed by atoms with E-state index in [-0.39, 0.29) is 23.7 Å². The number of likely N-dealkylation sites (tertiary alicyclic amines) is 1. The zero-order valence-corrected chi connectivity index (χ0v) is 15.5. The number of piperidine rings is 1. The van der Waals surface area contributed by atoms with E-state index in [1.165, 1.54) is 31.2 Å². The monoisotopic (exact) mass is 389 g/mol. The third kappa shape index (κ3) is 4.02. The van der Waals surface area contributed by atoms with Gasteiger partial charge in [0.25, 0.3) is 5.91 Å². The molecule has 2 heterocycles. The lowest BCUT2D eigenvalue weighted by molar-refractivity contribution is 0.00136. The van der Waals surface area contributed by atoms with Crippen molar-refractivity contribution in [2.24, 2.45) is 0 Å². The van der Waals surface area contributed by atoms with Crippen molar-refractivity contribution >= 4 is 5.91 Å². The second-order valence-electron chi connectivity index (χ2n) is 7.38. The zero-order chi connectivity index (χ0) is 19.5. The van der Waals surface area contributed by atoms with E-state index in [1.54, 1.807) is 12.1 Å². The molecule has 1 amide bonds. The van der Waals surface area contributed by atoms with Crippen LogP contribution in [0.1, 0.15) is 36.2 Å². The van der Waals surface area contributed by atoms with Crippen LogP contribution in [-0.4, -0.2) is 58.3 Å². The number of ether oxygens (including phenoxy) is 1. The topological polar surface area (TPSA) is 87.8 Å². The lowest BCUT2D eigenvalue weighted by Crippen LogP contribution is -2.54. The van der Waals surface area contributed by atoms with Gasteiger partial charge in [-0.15, -0.1) is 0 Å². The molecule has 2 N–H and O–H groups in total. The number of halogens is 1. The SMILES string of the molecule is O=C(N[C@@H]1C[C@@H](Oc2cccc(F)c2)[C@H](O)[C@H]1N1CCCCC1)c1cocn1. The second kappa shape index (κ2) is 8.28. The standard InChI is InChI=1S/C20H24FN3O4/c21-13-5-4-6-14(9-13)28-17-10-15(23-20(26)16-11-27-12-22-16)18(19(17)25)24-7-2-1-3-8-24/h4-6,9,11-12,15,17-19,25H,1-3,7-8,10H2,(H,23,26)/t15-,17-,18+,19+/m1/s1. The quantitative estimate of drug-likeness (QED) is 0.813. The number of aliphatic hydroxyl groups is 1. The Bertz CT molecular complexity index is 795. The number of aromatic nitrogens is 1. The van der Waals surface area contributed by atoms with Crippen molar-refractivity contribution in [3.8, 4) is 5.75 Å². The molecule has 8 heteroatoms. The van der Waals surface area contributed by atoms with Crippen molar-refractivity contribution in [2.75, 3.05) is 13.1 Å². The fourth-order valence-corrected chi connectivity index (χ4v) is 4.22. The first-order valence-electron chi connectivity index (χ1n) is 9.65. The Kier molecular flexibility index (Phi) is 5.59. The van der Waals surface area contributed by atoms with Gasteiger partial charge in [0.1, 0.15) is 30.0 Å². The van der Waals surface area contributed by atoms with Crippen LogP contribution >= 0.6 is 0 Å². The van der Waals surface area contributed by atoms with Crippen molar-refractivity contribution in [1.82, 2.24) is 15.2 Å². The molecule has 1 aliphatic heterocycles. The lowest BCUT2D eigenvalue weighted by atomic mass is 10.0. The van der Waals surface area contributed by atoms with Gasteiger partial charge < -0.3 is 19.6 Å². The molecule has 1 saturated carbocycles. The number of nitrogens with zero attached hydrogens (tertiary/aromatic N) is 2. The highest BCUT2D eigenvalue weighted by molar-refractivity contribution is 5.92. The summed E-state index contributed by atoms with van der Waals surface area (Å²) >= 11 is 0. The van der Waals surface area contributed by atoms with Crippen LogP contribution in [0.15, 0.2) is 41.3 Å². The molecule has 28 heavy (non-hydrogen) atoms. The van der Waals surface area contributed by atoms with Gasteiger partial charge >= 0.3 is 0 Å². The van der Waals surface area contributed by atoms with Gasteiger partial charge in [-0.05, 0) is 38.1 Å². The summed E-state index contributed by atoms with van der Waals surface area (Å²) < 4.78 is 24.3. The van der Waals surface area contributed by atoms with Crippen LogP contribution in [0.2, 0.25) is 0 Å². The summed E-state index contributed by atoms with van der Waals surface area (Å²) in [6, 6.07) is 5.29. The van der Waals surface area contributed by atoms with Crippen LogP contribution in [0.3, 0.4) is 0 Å². The second-order valence-corrected chi connectivity index (χ2v) is 7.38. The summed E-state index contributed by atoms with van der Waals surface area (Å²) in [6.45, 7) is 1.73. The van der Waals surface area contributed by atoms with Crippen LogP contribution in [0, 0.1) is 5.82 Å². The van der Waals surface area contributed by atoms with E-state index in [1.807, 2.05) is 0 Å². The number of carbonyl (C=O) groups excluding carboxylic acids is 1. The lowest BCUT2D eigenvalue weighted by Gasteiger charge is -2.37. The number of aliphatic hydroxyl groups excluding tert-OH is 1. The van der Waals surface area contributed by atoms with Gasteiger partial charge in [0, 0.05) is 12.5 Å². The summed E-state index contributed by atoms with van der Waals surface area (Å²) in [5.74, 6) is -0.377. The minimum Gasteiger partial charge on any atom is -0.487 e. The Morgan fingerprint density at radius 3 is 2.86 bits per heavy atom. The first-order chi connectivity index (χ1) is 13.6. The minimum atomic E-state index is -0.802. The Balaban J connectivity index is 1.52. The minimum absolute atomic E-state index is 0.196. The molecular formula is C20H24FN3O4. The maximum absolute atomic E-state index is 13.5. The molecule has 1 aromatic heterocycles. The predicted octanol–water partition coefficient (Wildman–Crippen LogP) is 1.98. The Morgan fingerprint density at radius 1 is 1.32 bits per heavy atom. The van der Waals surface area contributed by atoms with E-state index in [2.05, 4.69) is 15.2 Å². The molecule has 1 aromatic carbocycles. The maximum atomic E-state index is 13.5. The highest BCUT2D eigenvalue weighted by atomic mass is 19.1. The van der Waals surface area contributed by atoms with Crippen molar-refractivity contribution in [1.29, 1.82) is 0 Å². The summed E-state index contributed by atoms with van der Waals surface area (Å²) in [6.07, 6.45) is 4.85. The van der Waals surface area contributed by atoms with Gasteiger partial charge in [-0.1, -0.05) is 12.5 Å². The highest BCUT2D eigenvalue weighted by Gasteiger charge is 2.47.